The monoisotopic (exact) mass is 1080 g/mol. The maximum absolute atomic E-state index is 14.9. The van der Waals surface area contributed by atoms with Gasteiger partial charge in [-0.2, -0.15) is 0 Å². The average molecular weight is 1080 g/mol. The van der Waals surface area contributed by atoms with E-state index in [1.807, 2.05) is 72.8 Å². The summed E-state index contributed by atoms with van der Waals surface area (Å²) < 4.78 is 59.5. The van der Waals surface area contributed by atoms with Crippen LogP contribution in [-0.4, -0.2) is 16.8 Å². The Labute approximate surface area is 462 Å². The van der Waals surface area contributed by atoms with Crippen molar-refractivity contribution < 1.29 is 16.8 Å². The smallest absolute Gasteiger partial charge is 0.208 e. The number of rotatable bonds is 6. The summed E-state index contributed by atoms with van der Waals surface area (Å²) in [5.74, 6) is 0. The molecule has 4 heterocycles. The topological polar surface area (TPSA) is 74.8 Å². The van der Waals surface area contributed by atoms with Crippen LogP contribution in [0.5, 0.6) is 0 Å². The van der Waals surface area contributed by atoms with E-state index in [1.165, 1.54) is 23.5 Å². The number of hydrogen-bond donors (Lipinski definition) is 0. The molecule has 78 heavy (non-hydrogen) atoms. The normalized spacial score (nSPS) is 16.2. The first kappa shape index (κ1) is 46.9. The molecule has 0 aliphatic carbocycles. The van der Waals surface area contributed by atoms with Gasteiger partial charge in [0.05, 0.1) is 53.2 Å². The van der Waals surface area contributed by atoms with Crippen LogP contribution < -0.4 is 9.80 Å². The minimum atomic E-state index is -3.93. The lowest BCUT2D eigenvalue weighted by Gasteiger charge is -2.50. The van der Waals surface area contributed by atoms with Gasteiger partial charge >= 0.3 is 0 Å². The first-order chi connectivity index (χ1) is 38.2. The Bertz CT molecular complexity index is 4130. The first-order valence-electron chi connectivity index (χ1n) is 25.7. The number of hydrogen-bond acceptors (Lipinski definition) is 8. The second kappa shape index (κ2) is 17.6. The summed E-state index contributed by atoms with van der Waals surface area (Å²) in [5, 5.41) is 0. The minimum Gasteiger partial charge on any atom is -0.310 e. The molecule has 0 fully saturated rings. The Hall–Kier alpha value is -8.38. The van der Waals surface area contributed by atoms with Crippen LogP contribution in [0.15, 0.2) is 306 Å². The summed E-state index contributed by atoms with van der Waals surface area (Å²) in [6, 6.07) is 90.6. The van der Waals surface area contributed by atoms with E-state index in [-0.39, 0.29) is 9.79 Å². The minimum absolute atomic E-state index is 0.259. The average Bonchev–Trinajstić information content (AvgIpc) is 3.67. The maximum Gasteiger partial charge on any atom is 0.208 e. The second-order valence-electron chi connectivity index (χ2n) is 19.9. The number of sulfone groups is 2. The number of nitrogens with zero attached hydrogens (tertiary/aromatic N) is 2. The molecule has 0 atom stereocenters. The van der Waals surface area contributed by atoms with Gasteiger partial charge in [0.2, 0.25) is 19.7 Å². The van der Waals surface area contributed by atoms with E-state index in [1.54, 1.807) is 24.3 Å². The molecule has 0 radical (unpaired) electrons. The molecule has 10 heteroatoms. The van der Waals surface area contributed by atoms with Gasteiger partial charge in [-0.1, -0.05) is 206 Å². The number of benzene rings is 11. The van der Waals surface area contributed by atoms with E-state index < -0.39 is 30.5 Å². The Kier molecular flexibility index (Phi) is 10.6. The Morgan fingerprint density at radius 3 is 0.949 bits per heavy atom. The molecule has 15 rings (SSSR count). The molecule has 0 amide bonds. The molecule has 0 bridgehead atoms. The van der Waals surface area contributed by atoms with Crippen LogP contribution >= 0.6 is 23.5 Å². The van der Waals surface area contributed by atoms with Gasteiger partial charge in [0, 0.05) is 31.0 Å². The Morgan fingerprint density at radius 1 is 0.269 bits per heavy atom. The SMILES string of the molecule is O=S1(=O)c2ccccc2Sc2ccc(N3c4ccccc4C(c4ccccc4)(c4ccccc4)c4cc5c(cc43)C(c3ccccc3)(c3ccccc3)c3ccccc3N5c3ccc4c(c3)S(=O)(=O)c3ccccc3S4)cc21. The van der Waals surface area contributed by atoms with Crippen molar-refractivity contribution in [3.63, 3.8) is 0 Å². The highest BCUT2D eigenvalue weighted by Gasteiger charge is 2.52. The molecule has 0 N–H and O–H groups in total. The predicted octanol–water partition coefficient (Wildman–Crippen LogP) is 16.6. The number of para-hydroxylation sites is 2. The fourth-order valence-corrected chi connectivity index (χ4v) is 19.2. The highest BCUT2D eigenvalue weighted by Crippen LogP contribution is 2.65. The largest absolute Gasteiger partial charge is 0.310 e. The third kappa shape index (κ3) is 6.58. The zero-order chi connectivity index (χ0) is 52.4. The molecule has 6 nitrogen and oxygen atoms in total. The van der Waals surface area contributed by atoms with Crippen LogP contribution in [0.2, 0.25) is 0 Å². The molecular formula is C68H44N2O4S4. The van der Waals surface area contributed by atoms with Crippen LogP contribution in [0.25, 0.3) is 0 Å². The van der Waals surface area contributed by atoms with Gasteiger partial charge in [0.1, 0.15) is 0 Å². The second-order valence-corrected chi connectivity index (χ2v) is 25.9. The van der Waals surface area contributed by atoms with Crippen molar-refractivity contribution in [2.45, 2.75) is 50.0 Å². The number of fused-ring (bicyclic) bond motifs is 8. The lowest BCUT2D eigenvalue weighted by Crippen LogP contribution is -2.41. The van der Waals surface area contributed by atoms with E-state index in [0.29, 0.717) is 40.7 Å². The van der Waals surface area contributed by atoms with Crippen molar-refractivity contribution in [1.82, 2.24) is 0 Å². The number of anilines is 6. The van der Waals surface area contributed by atoms with E-state index in [9.17, 15) is 16.8 Å². The lowest BCUT2D eigenvalue weighted by molar-refractivity contribution is 0.589. The molecule has 0 saturated heterocycles. The molecule has 11 aromatic rings. The van der Waals surface area contributed by atoms with Gasteiger partial charge in [0.25, 0.3) is 0 Å². The quantitative estimate of drug-likeness (QED) is 0.163. The summed E-state index contributed by atoms with van der Waals surface area (Å²) in [5.41, 5.74) is 11.1. The standard InChI is InChI=1S/C68H44N2O4S4/c71-77(72)63-35-19-17-33-59(63)75-61-39-37-49(41-65(61)77)69-55-31-15-13-29-51(55)67(45-21-5-1-6-22-45,46-23-7-2-8-24-46)53-43-58-54(44-57(53)69)68(47-25-9-3-10-26-47,48-27-11-4-12-28-48)52-30-14-16-32-56(52)70(58)50-38-40-62-66(42-50)78(73,74)64-36-20-18-34-60(64)76-62/h1-44H. The molecular weight excluding hydrogens is 1040 g/mol. The maximum atomic E-state index is 14.9. The Balaban J connectivity index is 1.11. The van der Waals surface area contributed by atoms with Crippen LogP contribution in [-0.2, 0) is 30.5 Å². The van der Waals surface area contributed by atoms with Crippen molar-refractivity contribution in [3.8, 4) is 0 Å². The van der Waals surface area contributed by atoms with Crippen LogP contribution in [0, 0.1) is 0 Å². The van der Waals surface area contributed by atoms with Crippen molar-refractivity contribution in [2.75, 3.05) is 9.80 Å². The highest BCUT2D eigenvalue weighted by molar-refractivity contribution is 8.02. The first-order valence-corrected chi connectivity index (χ1v) is 30.3. The molecule has 0 unspecified atom stereocenters. The van der Waals surface area contributed by atoms with E-state index in [2.05, 4.69) is 180 Å². The van der Waals surface area contributed by atoms with Gasteiger partial charge in [-0.15, -0.1) is 0 Å². The summed E-state index contributed by atoms with van der Waals surface area (Å²) in [4.78, 5) is 8.40. The van der Waals surface area contributed by atoms with Gasteiger partial charge in [-0.25, -0.2) is 16.8 Å². The van der Waals surface area contributed by atoms with Crippen molar-refractivity contribution in [3.05, 3.63) is 311 Å². The van der Waals surface area contributed by atoms with E-state index in [4.69, 9.17) is 0 Å². The third-order valence-corrected chi connectivity index (χ3v) is 22.5. The summed E-state index contributed by atoms with van der Waals surface area (Å²) >= 11 is 2.95. The third-order valence-electron chi connectivity index (χ3n) is 16.0. The summed E-state index contributed by atoms with van der Waals surface area (Å²) in [6.45, 7) is 0. The molecule has 374 valence electrons. The molecule has 4 aliphatic rings. The summed E-state index contributed by atoms with van der Waals surface area (Å²) in [7, 11) is -7.86. The van der Waals surface area contributed by atoms with E-state index in [0.717, 1.165) is 67.3 Å². The van der Waals surface area contributed by atoms with Crippen LogP contribution in [0.1, 0.15) is 44.5 Å². The van der Waals surface area contributed by atoms with Gasteiger partial charge in [0.15, 0.2) is 0 Å². The van der Waals surface area contributed by atoms with Gasteiger partial charge in [-0.3, -0.25) is 0 Å². The lowest BCUT2D eigenvalue weighted by atomic mass is 9.59. The van der Waals surface area contributed by atoms with Crippen LogP contribution in [0.4, 0.5) is 34.1 Å². The van der Waals surface area contributed by atoms with Crippen LogP contribution in [0.3, 0.4) is 0 Å². The van der Waals surface area contributed by atoms with Gasteiger partial charge < -0.3 is 9.80 Å². The van der Waals surface area contributed by atoms with Crippen molar-refractivity contribution in [2.24, 2.45) is 0 Å². The highest BCUT2D eigenvalue weighted by atomic mass is 32.2. The van der Waals surface area contributed by atoms with Gasteiger partial charge in [-0.05, 0) is 129 Å². The molecule has 0 spiro atoms. The summed E-state index contributed by atoms with van der Waals surface area (Å²) in [6.07, 6.45) is 0. The molecule has 0 saturated carbocycles. The molecule has 4 aliphatic heterocycles. The van der Waals surface area contributed by atoms with Crippen molar-refractivity contribution >= 4 is 77.3 Å². The fourth-order valence-electron chi connectivity index (χ4n) is 12.8. The fraction of sp³-hybridized carbons (Fsp3) is 0.0294. The predicted molar refractivity (Wildman–Crippen MR) is 312 cm³/mol. The molecule has 0 aromatic heterocycles. The van der Waals surface area contributed by atoms with E-state index >= 15 is 0 Å². The molecule has 11 aromatic carbocycles. The van der Waals surface area contributed by atoms with Crippen molar-refractivity contribution in [1.29, 1.82) is 0 Å². The zero-order valence-corrected chi connectivity index (χ0v) is 44.8. The zero-order valence-electron chi connectivity index (χ0n) is 41.6. The Morgan fingerprint density at radius 2 is 0.577 bits per heavy atom.